The molecule has 1 aliphatic rings. The second-order valence-corrected chi connectivity index (χ2v) is 8.38. The summed E-state index contributed by atoms with van der Waals surface area (Å²) in [5.41, 5.74) is 3.13. The van der Waals surface area contributed by atoms with Gasteiger partial charge in [0, 0.05) is 46.0 Å². The maximum absolute atomic E-state index is 13.3. The number of hydrogen-bond acceptors (Lipinski definition) is 6. The molecule has 2 aromatic rings. The van der Waals surface area contributed by atoms with Gasteiger partial charge in [0.15, 0.2) is 0 Å². The summed E-state index contributed by atoms with van der Waals surface area (Å²) >= 11 is 0. The van der Waals surface area contributed by atoms with Gasteiger partial charge in [-0.05, 0) is 35.4 Å². The zero-order valence-corrected chi connectivity index (χ0v) is 19.6. The zero-order valence-electron chi connectivity index (χ0n) is 19.6. The van der Waals surface area contributed by atoms with Crippen molar-refractivity contribution in [2.45, 2.75) is 13.1 Å². The second kappa shape index (κ2) is 11.5. The lowest BCUT2D eigenvalue weighted by Gasteiger charge is -2.34. The Bertz CT molecular complexity index is 944. The van der Waals surface area contributed by atoms with Gasteiger partial charge in [-0.1, -0.05) is 24.3 Å². The average molecular weight is 453 g/mol. The van der Waals surface area contributed by atoms with Gasteiger partial charge >= 0.3 is 0 Å². The molecule has 8 nitrogen and oxygen atoms in total. The van der Waals surface area contributed by atoms with E-state index in [0.717, 1.165) is 28.8 Å². The number of rotatable bonds is 10. The smallest absolute Gasteiger partial charge is 0.237 e. The standard InChI is InChI=1S/C25H32N4O4/c1-26(2)22-8-4-20(5-9-22)16-29(17-21-6-10-23(33-3)11-7-21)25(32)19-27-12-13-28(14-15-30)24(31)18-27/h4-11,15H,12-14,16-19H2,1-3H3. The highest BCUT2D eigenvalue weighted by Crippen LogP contribution is 2.18. The van der Waals surface area contributed by atoms with Gasteiger partial charge in [0.1, 0.15) is 12.0 Å². The normalized spacial score (nSPS) is 14.2. The Morgan fingerprint density at radius 1 is 1.00 bits per heavy atom. The number of ether oxygens (including phenoxy) is 1. The Labute approximate surface area is 195 Å². The van der Waals surface area contributed by atoms with Crippen molar-refractivity contribution in [1.29, 1.82) is 0 Å². The lowest BCUT2D eigenvalue weighted by atomic mass is 10.1. The van der Waals surface area contributed by atoms with Crippen molar-refractivity contribution in [2.75, 3.05) is 58.8 Å². The zero-order chi connectivity index (χ0) is 23.8. The molecule has 0 spiro atoms. The van der Waals surface area contributed by atoms with Crippen LogP contribution in [0.25, 0.3) is 0 Å². The molecule has 1 fully saturated rings. The van der Waals surface area contributed by atoms with Gasteiger partial charge in [-0.15, -0.1) is 0 Å². The van der Waals surface area contributed by atoms with E-state index in [1.807, 2.05) is 77.3 Å². The number of hydrogen-bond donors (Lipinski definition) is 0. The monoisotopic (exact) mass is 452 g/mol. The Hall–Kier alpha value is -3.39. The van der Waals surface area contributed by atoms with Crippen LogP contribution >= 0.6 is 0 Å². The molecule has 0 unspecified atom stereocenters. The van der Waals surface area contributed by atoms with Crippen molar-refractivity contribution in [3.63, 3.8) is 0 Å². The quantitative estimate of drug-likeness (QED) is 0.511. The Kier molecular flexibility index (Phi) is 8.43. The van der Waals surface area contributed by atoms with E-state index in [1.54, 1.807) is 7.11 Å². The first-order valence-corrected chi connectivity index (χ1v) is 11.0. The van der Waals surface area contributed by atoms with Crippen LogP contribution in [0.4, 0.5) is 5.69 Å². The Morgan fingerprint density at radius 2 is 1.61 bits per heavy atom. The summed E-state index contributed by atoms with van der Waals surface area (Å²) in [7, 11) is 5.60. The van der Waals surface area contributed by atoms with Gasteiger partial charge in [-0.3, -0.25) is 14.5 Å². The molecular formula is C25H32N4O4. The number of carbonyl (C=O) groups excluding carboxylic acids is 3. The summed E-state index contributed by atoms with van der Waals surface area (Å²) in [4.78, 5) is 43.5. The number of anilines is 1. The predicted molar refractivity (Wildman–Crippen MR) is 127 cm³/mol. The lowest BCUT2D eigenvalue weighted by Crippen LogP contribution is -2.53. The number of benzene rings is 2. The van der Waals surface area contributed by atoms with Crippen LogP contribution in [0.15, 0.2) is 48.5 Å². The molecule has 0 bridgehead atoms. The predicted octanol–water partition coefficient (Wildman–Crippen LogP) is 1.63. The van der Waals surface area contributed by atoms with E-state index < -0.39 is 0 Å². The van der Waals surface area contributed by atoms with Crippen LogP contribution in [0, 0.1) is 0 Å². The first-order chi connectivity index (χ1) is 15.9. The molecule has 0 N–H and O–H groups in total. The number of nitrogens with zero attached hydrogens (tertiary/aromatic N) is 4. The van der Waals surface area contributed by atoms with Crippen LogP contribution in [0.1, 0.15) is 11.1 Å². The molecule has 0 aromatic heterocycles. The Morgan fingerprint density at radius 3 is 2.12 bits per heavy atom. The molecule has 176 valence electrons. The van der Waals surface area contributed by atoms with Crippen LogP contribution in [0.2, 0.25) is 0 Å². The van der Waals surface area contributed by atoms with Gasteiger partial charge in [-0.25, -0.2) is 0 Å². The van der Waals surface area contributed by atoms with Crippen LogP contribution in [-0.4, -0.2) is 86.7 Å². The summed E-state index contributed by atoms with van der Waals surface area (Å²) in [5, 5.41) is 0. The van der Waals surface area contributed by atoms with Gasteiger partial charge in [0.05, 0.1) is 26.7 Å². The van der Waals surface area contributed by atoms with Gasteiger partial charge < -0.3 is 24.2 Å². The molecule has 1 heterocycles. The van der Waals surface area contributed by atoms with Gasteiger partial charge in [0.2, 0.25) is 11.8 Å². The third kappa shape index (κ3) is 6.79. The number of aldehydes is 1. The van der Waals surface area contributed by atoms with Gasteiger partial charge in [0.25, 0.3) is 0 Å². The third-order valence-corrected chi connectivity index (χ3v) is 5.76. The summed E-state index contributed by atoms with van der Waals surface area (Å²) in [6.07, 6.45) is 0.733. The second-order valence-electron chi connectivity index (χ2n) is 8.38. The molecule has 1 saturated heterocycles. The third-order valence-electron chi connectivity index (χ3n) is 5.76. The molecule has 2 aromatic carbocycles. The number of carbonyl (C=O) groups is 3. The van der Waals surface area contributed by atoms with Gasteiger partial charge in [-0.2, -0.15) is 0 Å². The molecular weight excluding hydrogens is 420 g/mol. The summed E-state index contributed by atoms with van der Waals surface area (Å²) in [6, 6.07) is 15.8. The fourth-order valence-electron chi connectivity index (χ4n) is 3.77. The van der Waals surface area contributed by atoms with Crippen molar-refractivity contribution in [3.05, 3.63) is 59.7 Å². The molecule has 0 aliphatic carbocycles. The van der Waals surface area contributed by atoms with Crippen LogP contribution < -0.4 is 9.64 Å². The van der Waals surface area contributed by atoms with E-state index in [4.69, 9.17) is 4.74 Å². The summed E-state index contributed by atoms with van der Waals surface area (Å²) in [6.45, 7) is 2.36. The van der Waals surface area contributed by atoms with E-state index >= 15 is 0 Å². The molecule has 1 aliphatic heterocycles. The van der Waals surface area contributed by atoms with Crippen LogP contribution in [0.3, 0.4) is 0 Å². The summed E-state index contributed by atoms with van der Waals surface area (Å²) < 4.78 is 5.24. The van der Waals surface area contributed by atoms with Crippen LogP contribution in [-0.2, 0) is 27.5 Å². The fourth-order valence-corrected chi connectivity index (χ4v) is 3.77. The molecule has 8 heteroatoms. The van der Waals surface area contributed by atoms with Crippen molar-refractivity contribution >= 4 is 23.8 Å². The minimum absolute atomic E-state index is 0.0425. The van der Waals surface area contributed by atoms with Crippen molar-refractivity contribution in [1.82, 2.24) is 14.7 Å². The average Bonchev–Trinajstić information content (AvgIpc) is 2.81. The summed E-state index contributed by atoms with van der Waals surface area (Å²) in [5.74, 6) is 0.601. The Balaban J connectivity index is 1.71. The molecule has 33 heavy (non-hydrogen) atoms. The van der Waals surface area contributed by atoms with E-state index in [0.29, 0.717) is 26.2 Å². The SMILES string of the molecule is COc1ccc(CN(Cc2ccc(N(C)C)cc2)C(=O)CN2CCN(CC=O)C(=O)C2)cc1. The molecule has 0 saturated carbocycles. The van der Waals surface area contributed by atoms with Crippen molar-refractivity contribution in [2.24, 2.45) is 0 Å². The lowest BCUT2D eigenvalue weighted by molar-refractivity contribution is -0.141. The van der Waals surface area contributed by atoms with E-state index in [1.165, 1.54) is 4.90 Å². The van der Waals surface area contributed by atoms with E-state index in [2.05, 4.69) is 0 Å². The molecule has 0 atom stereocenters. The first-order valence-electron chi connectivity index (χ1n) is 11.0. The minimum atomic E-state index is -0.123. The van der Waals surface area contributed by atoms with Crippen molar-refractivity contribution < 1.29 is 19.1 Å². The van der Waals surface area contributed by atoms with E-state index in [-0.39, 0.29) is 31.4 Å². The number of methoxy groups -OCH3 is 1. The van der Waals surface area contributed by atoms with Crippen LogP contribution in [0.5, 0.6) is 5.75 Å². The highest BCUT2D eigenvalue weighted by atomic mass is 16.5. The maximum Gasteiger partial charge on any atom is 0.237 e. The van der Waals surface area contributed by atoms with Crippen molar-refractivity contribution in [3.8, 4) is 5.75 Å². The topological polar surface area (TPSA) is 73.4 Å². The van der Waals surface area contributed by atoms with E-state index in [9.17, 15) is 14.4 Å². The highest BCUT2D eigenvalue weighted by Gasteiger charge is 2.26. The largest absolute Gasteiger partial charge is 0.497 e. The minimum Gasteiger partial charge on any atom is -0.497 e. The number of piperazine rings is 1. The maximum atomic E-state index is 13.3. The highest BCUT2D eigenvalue weighted by molar-refractivity contribution is 5.83. The fraction of sp³-hybridized carbons (Fsp3) is 0.400. The number of amides is 2. The molecule has 2 amide bonds. The molecule has 0 radical (unpaired) electrons. The first kappa shape index (κ1) is 24.3. The molecule has 3 rings (SSSR count).